The summed E-state index contributed by atoms with van der Waals surface area (Å²) in [5.41, 5.74) is -4.92. The number of hydrogen-bond donors (Lipinski definition) is 3. The van der Waals surface area contributed by atoms with Gasteiger partial charge in [-0.3, -0.25) is 14.6 Å². The van der Waals surface area contributed by atoms with Gasteiger partial charge in [-0.05, 0) is 42.5 Å². The lowest BCUT2D eigenvalue weighted by molar-refractivity contribution is -0.272. The summed E-state index contributed by atoms with van der Waals surface area (Å²) in [6.07, 6.45) is 1.00. The number of nitrogens with zero attached hydrogens (tertiary/aromatic N) is 1. The van der Waals surface area contributed by atoms with Crippen molar-refractivity contribution in [2.24, 2.45) is 0 Å². The molecule has 2 aromatic rings. The average molecular weight is 426 g/mol. The highest BCUT2D eigenvalue weighted by atomic mass is 19.4. The second-order valence-corrected chi connectivity index (χ2v) is 8.12. The number of aromatic amines is 1. The maximum absolute atomic E-state index is 14.0. The highest BCUT2D eigenvalue weighted by molar-refractivity contribution is 5.64. The van der Waals surface area contributed by atoms with E-state index in [1.807, 2.05) is 0 Å². The zero-order valence-electron chi connectivity index (χ0n) is 16.4. The monoisotopic (exact) mass is 426 g/mol. The SMILES string of the molecule is CC(C)(CC(O)(Cn1[nH]c(=O)c2c1C=CCC=C2)C(F)(F)F)c1cc(F)ccc1O. The minimum Gasteiger partial charge on any atom is -0.508 e. The summed E-state index contributed by atoms with van der Waals surface area (Å²) < 4.78 is 56.7. The summed E-state index contributed by atoms with van der Waals surface area (Å²) >= 11 is 0. The molecule has 1 aliphatic carbocycles. The molecule has 0 saturated heterocycles. The molecule has 1 unspecified atom stereocenters. The van der Waals surface area contributed by atoms with E-state index in [0.717, 1.165) is 22.9 Å². The smallest absolute Gasteiger partial charge is 0.419 e. The minimum absolute atomic E-state index is 0.0622. The molecule has 1 aliphatic rings. The molecule has 0 aliphatic heterocycles. The van der Waals surface area contributed by atoms with Crippen molar-refractivity contribution in [2.75, 3.05) is 0 Å². The second kappa shape index (κ2) is 7.46. The van der Waals surface area contributed by atoms with Gasteiger partial charge in [0, 0.05) is 5.56 Å². The summed E-state index contributed by atoms with van der Waals surface area (Å²) in [5.74, 6) is -1.09. The van der Waals surface area contributed by atoms with Crippen LogP contribution in [0.4, 0.5) is 17.6 Å². The van der Waals surface area contributed by atoms with Crippen molar-refractivity contribution < 1.29 is 27.8 Å². The molecule has 0 radical (unpaired) electrons. The quantitative estimate of drug-likeness (QED) is 0.630. The third-order valence-electron chi connectivity index (χ3n) is 5.25. The average Bonchev–Trinajstić information content (AvgIpc) is 2.80. The third kappa shape index (κ3) is 4.07. The van der Waals surface area contributed by atoms with E-state index in [1.165, 1.54) is 26.0 Å². The van der Waals surface area contributed by atoms with Gasteiger partial charge < -0.3 is 10.2 Å². The summed E-state index contributed by atoms with van der Waals surface area (Å²) in [6.45, 7) is 1.78. The number of allylic oxidation sites excluding steroid dienone is 2. The Morgan fingerprint density at radius 3 is 2.50 bits per heavy atom. The molecule has 0 saturated carbocycles. The Morgan fingerprint density at radius 1 is 1.17 bits per heavy atom. The van der Waals surface area contributed by atoms with Crippen LogP contribution in [0.25, 0.3) is 12.2 Å². The highest BCUT2D eigenvalue weighted by Crippen LogP contribution is 2.44. The van der Waals surface area contributed by atoms with Crippen LogP contribution >= 0.6 is 0 Å². The molecule has 0 amide bonds. The third-order valence-corrected chi connectivity index (χ3v) is 5.25. The van der Waals surface area contributed by atoms with E-state index in [0.29, 0.717) is 6.42 Å². The standard InChI is InChI=1S/C21H22F4N2O3/c1-19(2,15-10-13(22)8-9-17(15)28)11-20(30,21(23,24)25)12-27-16-7-5-3-4-6-14(16)18(29)26-27/h4-10,28,30H,3,11-12H2,1-2H3,(H,26,29). The Kier molecular flexibility index (Phi) is 5.44. The number of benzene rings is 1. The van der Waals surface area contributed by atoms with E-state index < -0.39 is 41.5 Å². The highest BCUT2D eigenvalue weighted by Gasteiger charge is 2.56. The number of fused-ring (bicyclic) bond motifs is 1. The number of phenols is 1. The van der Waals surface area contributed by atoms with Gasteiger partial charge in [-0.2, -0.15) is 13.2 Å². The van der Waals surface area contributed by atoms with Crippen molar-refractivity contribution in [3.63, 3.8) is 0 Å². The second-order valence-electron chi connectivity index (χ2n) is 8.12. The predicted octanol–water partition coefficient (Wildman–Crippen LogP) is 4.11. The van der Waals surface area contributed by atoms with E-state index in [4.69, 9.17) is 0 Å². The number of aromatic nitrogens is 2. The van der Waals surface area contributed by atoms with Gasteiger partial charge in [0.1, 0.15) is 11.6 Å². The van der Waals surface area contributed by atoms with Crippen molar-refractivity contribution in [1.29, 1.82) is 0 Å². The van der Waals surface area contributed by atoms with Crippen molar-refractivity contribution in [2.45, 2.75) is 50.4 Å². The first-order valence-corrected chi connectivity index (χ1v) is 9.28. The Bertz CT molecular complexity index is 1060. The largest absolute Gasteiger partial charge is 0.508 e. The molecule has 0 bridgehead atoms. The van der Waals surface area contributed by atoms with E-state index in [-0.39, 0.29) is 22.6 Å². The van der Waals surface area contributed by atoms with Crippen LogP contribution < -0.4 is 5.56 Å². The van der Waals surface area contributed by atoms with Gasteiger partial charge in [-0.15, -0.1) is 0 Å². The lowest BCUT2D eigenvalue weighted by Gasteiger charge is -2.38. The molecule has 30 heavy (non-hydrogen) atoms. The zero-order valence-corrected chi connectivity index (χ0v) is 16.4. The fourth-order valence-corrected chi connectivity index (χ4v) is 3.80. The topological polar surface area (TPSA) is 78.2 Å². The minimum atomic E-state index is -5.06. The number of nitrogens with one attached hydrogen (secondary N) is 1. The molecule has 3 rings (SSSR count). The van der Waals surface area contributed by atoms with Gasteiger partial charge in [0.15, 0.2) is 5.60 Å². The molecule has 3 N–H and O–H groups in total. The predicted molar refractivity (Wildman–Crippen MR) is 104 cm³/mol. The van der Waals surface area contributed by atoms with Crippen LogP contribution in [-0.2, 0) is 12.0 Å². The lowest BCUT2D eigenvalue weighted by Crippen LogP contribution is -2.52. The number of aliphatic hydroxyl groups is 1. The van der Waals surface area contributed by atoms with Gasteiger partial charge >= 0.3 is 6.18 Å². The summed E-state index contributed by atoms with van der Waals surface area (Å²) in [4.78, 5) is 12.2. The van der Waals surface area contributed by atoms with Crippen LogP contribution in [0.1, 0.15) is 43.5 Å². The lowest BCUT2D eigenvalue weighted by atomic mass is 9.74. The molecule has 1 heterocycles. The molecule has 0 spiro atoms. The summed E-state index contributed by atoms with van der Waals surface area (Å²) in [6, 6.07) is 2.99. The number of aromatic hydroxyl groups is 1. The van der Waals surface area contributed by atoms with Crippen molar-refractivity contribution >= 4 is 12.2 Å². The van der Waals surface area contributed by atoms with Crippen LogP contribution in [0.2, 0.25) is 0 Å². The Morgan fingerprint density at radius 2 is 1.83 bits per heavy atom. The maximum atomic E-state index is 14.0. The van der Waals surface area contributed by atoms with Gasteiger partial charge in [-0.25, -0.2) is 4.39 Å². The molecule has 1 atom stereocenters. The normalized spacial score (nSPS) is 16.2. The number of halogens is 4. The van der Waals surface area contributed by atoms with Crippen molar-refractivity contribution in [3.05, 3.63) is 63.3 Å². The number of alkyl halides is 3. The molecule has 1 aromatic heterocycles. The summed E-state index contributed by atoms with van der Waals surface area (Å²) in [5, 5.41) is 23.2. The van der Waals surface area contributed by atoms with Crippen molar-refractivity contribution in [1.82, 2.24) is 9.78 Å². The zero-order chi connectivity index (χ0) is 22.3. The van der Waals surface area contributed by atoms with E-state index in [9.17, 15) is 32.6 Å². The van der Waals surface area contributed by atoms with Gasteiger partial charge in [-0.1, -0.05) is 32.1 Å². The molecular formula is C21H22F4N2O3. The number of phenolic OH excluding ortho intramolecular Hbond substituents is 1. The molecule has 0 fully saturated rings. The van der Waals surface area contributed by atoms with Crippen molar-refractivity contribution in [3.8, 4) is 5.75 Å². The fraction of sp³-hybridized carbons (Fsp3) is 0.381. The van der Waals surface area contributed by atoms with Crippen LogP contribution in [0.3, 0.4) is 0 Å². The van der Waals surface area contributed by atoms with E-state index in [1.54, 1.807) is 12.2 Å². The number of H-pyrrole nitrogens is 1. The Balaban J connectivity index is 2.04. The van der Waals surface area contributed by atoms with Crippen LogP contribution in [0.5, 0.6) is 5.75 Å². The first kappa shape index (κ1) is 21.9. The molecule has 162 valence electrons. The van der Waals surface area contributed by atoms with E-state index in [2.05, 4.69) is 5.10 Å². The molecule has 5 nitrogen and oxygen atoms in total. The Hall–Kier alpha value is -2.81. The Labute approximate surface area is 170 Å². The van der Waals surface area contributed by atoms with Crippen LogP contribution in [0, 0.1) is 5.82 Å². The fourth-order valence-electron chi connectivity index (χ4n) is 3.80. The van der Waals surface area contributed by atoms with Gasteiger partial charge in [0.05, 0.1) is 17.8 Å². The summed E-state index contributed by atoms with van der Waals surface area (Å²) in [7, 11) is 0. The number of hydrogen-bond acceptors (Lipinski definition) is 3. The van der Waals surface area contributed by atoms with Crippen LogP contribution in [-0.4, -0.2) is 31.8 Å². The first-order chi connectivity index (χ1) is 13.8. The van der Waals surface area contributed by atoms with Crippen LogP contribution in [0.15, 0.2) is 35.1 Å². The maximum Gasteiger partial charge on any atom is 0.419 e. The molecule has 9 heteroatoms. The van der Waals surface area contributed by atoms with E-state index >= 15 is 0 Å². The molecular weight excluding hydrogens is 404 g/mol. The van der Waals surface area contributed by atoms with Gasteiger partial charge in [0.25, 0.3) is 5.56 Å². The molecule has 1 aromatic carbocycles. The van der Waals surface area contributed by atoms with Gasteiger partial charge in [0.2, 0.25) is 0 Å². The first-order valence-electron chi connectivity index (χ1n) is 9.28. The number of rotatable bonds is 5.